The molecule has 0 radical (unpaired) electrons. The van der Waals surface area contributed by atoms with E-state index in [9.17, 15) is 13.2 Å². The molecule has 27 heavy (non-hydrogen) atoms. The molecule has 1 N–H and O–H groups in total. The zero-order chi connectivity index (χ0) is 19.4. The third kappa shape index (κ3) is 5.76. The van der Waals surface area contributed by atoms with Crippen LogP contribution in [0.2, 0.25) is 5.02 Å². The maximum Gasteiger partial charge on any atom is 0.316 e. The first-order chi connectivity index (χ1) is 12.8. The van der Waals surface area contributed by atoms with Gasteiger partial charge in [-0.1, -0.05) is 11.6 Å². The van der Waals surface area contributed by atoms with Crippen LogP contribution in [0.1, 0.15) is 38.5 Å². The summed E-state index contributed by atoms with van der Waals surface area (Å²) < 4.78 is 30.3. The van der Waals surface area contributed by atoms with Crippen LogP contribution in [0, 0.1) is 5.92 Å². The van der Waals surface area contributed by atoms with Crippen LogP contribution < -0.4 is 10.1 Å². The quantitative estimate of drug-likeness (QED) is 0.782. The lowest BCUT2D eigenvalue weighted by Crippen LogP contribution is -2.46. The largest absolute Gasteiger partial charge is 0.460 e. The van der Waals surface area contributed by atoms with Crippen LogP contribution in [0.25, 0.3) is 0 Å². The zero-order valence-electron chi connectivity index (χ0n) is 15.3. The number of aromatic nitrogens is 2. The van der Waals surface area contributed by atoms with Crippen LogP contribution in [0.4, 0.5) is 0 Å². The number of sulfonamides is 1. The average molecular weight is 417 g/mol. The molecule has 0 aromatic carbocycles. The highest BCUT2D eigenvalue weighted by Crippen LogP contribution is 2.24. The summed E-state index contributed by atoms with van der Waals surface area (Å²) in [4.78, 5) is 20.6. The van der Waals surface area contributed by atoms with Crippen molar-refractivity contribution in [2.24, 2.45) is 5.92 Å². The summed E-state index contributed by atoms with van der Waals surface area (Å²) >= 11 is 5.76. The molecule has 1 aromatic heterocycles. The smallest absolute Gasteiger partial charge is 0.316 e. The molecule has 1 saturated heterocycles. The second kappa shape index (κ2) is 8.70. The third-order valence-electron chi connectivity index (χ3n) is 5.18. The molecule has 0 unspecified atom stereocenters. The van der Waals surface area contributed by atoms with Crippen LogP contribution in [-0.2, 0) is 14.8 Å². The zero-order valence-corrected chi connectivity index (χ0v) is 16.9. The number of rotatable bonds is 5. The van der Waals surface area contributed by atoms with Crippen molar-refractivity contribution in [1.29, 1.82) is 0 Å². The van der Waals surface area contributed by atoms with Crippen molar-refractivity contribution in [3.8, 4) is 6.01 Å². The van der Waals surface area contributed by atoms with Crippen molar-refractivity contribution in [3.05, 3.63) is 17.4 Å². The molecule has 1 saturated carbocycles. The van der Waals surface area contributed by atoms with Gasteiger partial charge in [0.25, 0.3) is 0 Å². The Hall–Kier alpha value is -1.45. The van der Waals surface area contributed by atoms with Gasteiger partial charge in [-0.2, -0.15) is 0 Å². The minimum Gasteiger partial charge on any atom is -0.460 e. The Morgan fingerprint density at radius 1 is 1.15 bits per heavy atom. The Balaban J connectivity index is 1.40. The Bertz CT molecular complexity index is 743. The number of ether oxygens (including phenoxy) is 1. The first-order valence-corrected chi connectivity index (χ1v) is 11.4. The summed E-state index contributed by atoms with van der Waals surface area (Å²) in [6, 6.07) is 0.459. The van der Waals surface area contributed by atoms with Crippen LogP contribution in [0.5, 0.6) is 6.01 Å². The Morgan fingerprint density at radius 3 is 2.30 bits per heavy atom. The fraction of sp³-hybridized carbons (Fsp3) is 0.706. The number of hydrogen-bond acceptors (Lipinski definition) is 6. The highest BCUT2D eigenvalue weighted by atomic mass is 35.5. The lowest BCUT2D eigenvalue weighted by atomic mass is 9.91. The van der Waals surface area contributed by atoms with Gasteiger partial charge >= 0.3 is 6.01 Å². The molecular formula is C17H25ClN4O4S. The second-order valence-electron chi connectivity index (χ2n) is 7.22. The molecule has 150 valence electrons. The molecule has 0 spiro atoms. The lowest BCUT2D eigenvalue weighted by molar-refractivity contribution is -0.127. The number of hydrogen-bond donors (Lipinski definition) is 1. The third-order valence-corrected chi connectivity index (χ3v) is 6.68. The molecule has 1 aliphatic carbocycles. The van der Waals surface area contributed by atoms with E-state index >= 15 is 0 Å². The molecule has 2 aliphatic rings. The van der Waals surface area contributed by atoms with Gasteiger partial charge in [0, 0.05) is 25.0 Å². The topological polar surface area (TPSA) is 101 Å². The van der Waals surface area contributed by atoms with Gasteiger partial charge in [-0.25, -0.2) is 22.7 Å². The second-order valence-corrected chi connectivity index (χ2v) is 9.64. The molecule has 1 amide bonds. The monoisotopic (exact) mass is 416 g/mol. The van der Waals surface area contributed by atoms with Gasteiger partial charge in [0.15, 0.2) is 0 Å². The molecule has 2 heterocycles. The molecule has 3 rings (SSSR count). The number of piperidine rings is 1. The van der Waals surface area contributed by atoms with E-state index in [-0.39, 0.29) is 24.0 Å². The summed E-state index contributed by atoms with van der Waals surface area (Å²) in [5.41, 5.74) is 0. The molecule has 8 nitrogen and oxygen atoms in total. The number of nitrogens with zero attached hydrogens (tertiary/aromatic N) is 3. The van der Waals surface area contributed by atoms with Gasteiger partial charge in [0.2, 0.25) is 15.9 Å². The Morgan fingerprint density at radius 2 is 1.74 bits per heavy atom. The number of nitrogens with one attached hydrogen (secondary N) is 1. The van der Waals surface area contributed by atoms with E-state index in [1.165, 1.54) is 23.0 Å². The van der Waals surface area contributed by atoms with E-state index in [4.69, 9.17) is 16.3 Å². The van der Waals surface area contributed by atoms with Gasteiger partial charge in [0.05, 0.1) is 23.7 Å². The van der Waals surface area contributed by atoms with Crippen LogP contribution in [-0.4, -0.2) is 60.1 Å². The fourth-order valence-electron chi connectivity index (χ4n) is 3.60. The maximum atomic E-state index is 12.5. The standard InChI is InChI=1S/C17H25ClN4O4S/c1-27(24,25)22-8-6-12(7-9-22)16(23)21-14-2-4-15(5-3-14)26-17-19-10-13(18)11-20-17/h10-12,14-15H,2-9H2,1H3,(H,21,23). The predicted molar refractivity (Wildman–Crippen MR) is 101 cm³/mol. The first-order valence-electron chi connectivity index (χ1n) is 9.21. The van der Waals surface area contributed by atoms with E-state index in [1.807, 2.05) is 0 Å². The molecule has 2 fully saturated rings. The average Bonchev–Trinajstić information content (AvgIpc) is 2.64. The minimum atomic E-state index is -3.17. The fourth-order valence-corrected chi connectivity index (χ4v) is 4.58. The van der Waals surface area contributed by atoms with Gasteiger partial charge in [-0.05, 0) is 38.5 Å². The summed E-state index contributed by atoms with van der Waals surface area (Å²) in [5, 5.41) is 3.59. The minimum absolute atomic E-state index is 0.0357. The normalized spacial score (nSPS) is 25.1. The van der Waals surface area contributed by atoms with E-state index in [2.05, 4.69) is 15.3 Å². The van der Waals surface area contributed by atoms with Crippen molar-refractivity contribution in [1.82, 2.24) is 19.6 Å². The van der Waals surface area contributed by atoms with Crippen molar-refractivity contribution < 1.29 is 17.9 Å². The van der Waals surface area contributed by atoms with Gasteiger partial charge < -0.3 is 10.1 Å². The number of halogens is 1. The van der Waals surface area contributed by atoms with Crippen molar-refractivity contribution in [2.75, 3.05) is 19.3 Å². The summed E-state index contributed by atoms with van der Waals surface area (Å²) in [7, 11) is -3.17. The first kappa shape index (κ1) is 20.3. The number of carbonyl (C=O) groups is 1. The molecule has 1 aliphatic heterocycles. The van der Waals surface area contributed by atoms with Gasteiger partial charge in [0.1, 0.15) is 6.10 Å². The van der Waals surface area contributed by atoms with E-state index in [1.54, 1.807) is 0 Å². The molecular weight excluding hydrogens is 392 g/mol. The van der Waals surface area contributed by atoms with E-state index in [0.29, 0.717) is 37.0 Å². The highest BCUT2D eigenvalue weighted by Gasteiger charge is 2.31. The van der Waals surface area contributed by atoms with Crippen molar-refractivity contribution in [3.63, 3.8) is 0 Å². The molecule has 10 heteroatoms. The van der Waals surface area contributed by atoms with Crippen molar-refractivity contribution in [2.45, 2.75) is 50.7 Å². The SMILES string of the molecule is CS(=O)(=O)N1CCC(C(=O)NC2CCC(Oc3ncc(Cl)cn3)CC2)CC1. The van der Waals surface area contributed by atoms with E-state index < -0.39 is 10.0 Å². The predicted octanol–water partition coefficient (Wildman–Crippen LogP) is 1.61. The van der Waals surface area contributed by atoms with Crippen molar-refractivity contribution >= 4 is 27.5 Å². The lowest BCUT2D eigenvalue weighted by Gasteiger charge is -2.32. The molecule has 0 atom stereocenters. The summed E-state index contributed by atoms with van der Waals surface area (Å²) in [6.07, 6.45) is 8.73. The highest BCUT2D eigenvalue weighted by molar-refractivity contribution is 7.88. The summed E-state index contributed by atoms with van der Waals surface area (Å²) in [5.74, 6) is -0.0759. The molecule has 0 bridgehead atoms. The van der Waals surface area contributed by atoms with Crippen LogP contribution >= 0.6 is 11.6 Å². The van der Waals surface area contributed by atoms with Gasteiger partial charge in [-0.15, -0.1) is 0 Å². The number of amides is 1. The Labute approximate surface area is 164 Å². The Kier molecular flexibility index (Phi) is 6.54. The summed E-state index contributed by atoms with van der Waals surface area (Å²) in [6.45, 7) is 0.831. The van der Waals surface area contributed by atoms with Gasteiger partial charge in [-0.3, -0.25) is 4.79 Å². The van der Waals surface area contributed by atoms with E-state index in [0.717, 1.165) is 25.7 Å². The number of carbonyl (C=O) groups excluding carboxylic acids is 1. The van der Waals surface area contributed by atoms with Crippen LogP contribution in [0.3, 0.4) is 0 Å². The van der Waals surface area contributed by atoms with Crippen LogP contribution in [0.15, 0.2) is 12.4 Å². The molecule has 1 aromatic rings. The maximum absolute atomic E-state index is 12.5.